The molecule has 3 atom stereocenters. The number of nitrogens with zero attached hydrogens (tertiary/aromatic N) is 5. The van der Waals surface area contributed by atoms with Crippen molar-refractivity contribution in [2.75, 3.05) is 36.5 Å². The SMILES string of the molecule is Cc1ncoc1COc1ccc2c(c1)CCN(C[C@@H](O)CCC(=O)c1cc(Nc3cccnc3)nc(N3C4CCC3COC4)c1)C2.S. The van der Waals surface area contributed by atoms with Gasteiger partial charge in [-0.05, 0) is 80.1 Å². The standard InChI is InChI=1S/C35H40N6O5.H2S/c1-23-33(46-22-37-23)21-45-31-8-4-25-17-40(12-10-24(25)13-31)18-30(42)7-9-32(43)26-14-34(38-27-3-2-11-36-16-27)39-35(15-26)41-28-5-6-29(41)20-44-19-28;/h2-4,8,11,13-16,22,28-30,42H,5-7,9-10,12,17-21H2,1H3,(H,38,39);1H2/t28?,29?,30-;/m0./s1. The third-order valence-corrected chi connectivity index (χ3v) is 9.23. The fourth-order valence-electron chi connectivity index (χ4n) is 6.74. The Morgan fingerprint density at radius 3 is 2.77 bits per heavy atom. The van der Waals surface area contributed by atoms with Crippen LogP contribution in [0, 0.1) is 6.92 Å². The van der Waals surface area contributed by atoms with Gasteiger partial charge in [-0.1, -0.05) is 6.07 Å². The lowest BCUT2D eigenvalue weighted by atomic mass is 9.98. The number of ether oxygens (including phenoxy) is 2. The van der Waals surface area contributed by atoms with Gasteiger partial charge in [-0.15, -0.1) is 0 Å². The van der Waals surface area contributed by atoms with Crippen LogP contribution >= 0.6 is 13.5 Å². The number of hydrogen-bond donors (Lipinski definition) is 2. The van der Waals surface area contributed by atoms with Crippen LogP contribution in [-0.2, 0) is 24.3 Å². The molecule has 0 aliphatic carbocycles. The number of benzene rings is 1. The predicted octanol–water partition coefficient (Wildman–Crippen LogP) is 4.96. The molecule has 3 aliphatic heterocycles. The maximum absolute atomic E-state index is 13.5. The Kier molecular flexibility index (Phi) is 10.4. The molecule has 4 aromatic rings. The van der Waals surface area contributed by atoms with E-state index in [4.69, 9.17) is 18.9 Å². The van der Waals surface area contributed by atoms with Gasteiger partial charge >= 0.3 is 0 Å². The van der Waals surface area contributed by atoms with Crippen LogP contribution in [0.25, 0.3) is 0 Å². The normalized spacial score (nSPS) is 19.5. The van der Waals surface area contributed by atoms with E-state index >= 15 is 0 Å². The molecule has 2 bridgehead atoms. The highest BCUT2D eigenvalue weighted by molar-refractivity contribution is 7.59. The van der Waals surface area contributed by atoms with Gasteiger partial charge in [0.1, 0.15) is 24.0 Å². The van der Waals surface area contributed by atoms with Crippen LogP contribution in [0.15, 0.2) is 65.7 Å². The van der Waals surface area contributed by atoms with Crippen molar-refractivity contribution in [3.05, 3.63) is 89.4 Å². The van der Waals surface area contributed by atoms with Crippen molar-refractivity contribution in [3.63, 3.8) is 0 Å². The van der Waals surface area contributed by atoms with Crippen molar-refractivity contribution in [2.45, 2.75) is 70.4 Å². The number of β-amino-alcohol motifs (C(OH)–C–C–N with tert-alkyl or cyclic N) is 1. The lowest BCUT2D eigenvalue weighted by Crippen LogP contribution is -2.46. The first-order chi connectivity index (χ1) is 22.5. The number of anilines is 3. The smallest absolute Gasteiger partial charge is 0.181 e. The molecule has 47 heavy (non-hydrogen) atoms. The number of carbonyl (C=O) groups excluding carboxylic acids is 1. The molecular formula is C35H42N6O5S. The molecule has 7 rings (SSSR count). The number of oxazole rings is 1. The highest BCUT2D eigenvalue weighted by Crippen LogP contribution is 2.35. The van der Waals surface area contributed by atoms with Crippen LogP contribution in [0.5, 0.6) is 5.75 Å². The molecule has 1 aromatic carbocycles. The van der Waals surface area contributed by atoms with Gasteiger partial charge in [-0.3, -0.25) is 14.7 Å². The molecule has 2 fully saturated rings. The molecule has 0 saturated carbocycles. The molecule has 0 radical (unpaired) electrons. The Morgan fingerprint density at radius 1 is 1.15 bits per heavy atom. The van der Waals surface area contributed by atoms with Crippen molar-refractivity contribution in [2.24, 2.45) is 0 Å². The Labute approximate surface area is 281 Å². The lowest BCUT2D eigenvalue weighted by Gasteiger charge is -2.36. The molecule has 6 heterocycles. The Bertz CT molecular complexity index is 1650. The van der Waals surface area contributed by atoms with Gasteiger partial charge < -0.3 is 29.2 Å². The summed E-state index contributed by atoms with van der Waals surface area (Å²) in [5.41, 5.74) is 4.72. The molecule has 2 unspecified atom stereocenters. The van der Waals surface area contributed by atoms with E-state index in [0.29, 0.717) is 44.2 Å². The average Bonchev–Trinajstić information content (AvgIpc) is 3.60. The number of pyridine rings is 2. The number of fused-ring (bicyclic) bond motifs is 3. The number of Topliss-reactive ketones (excluding diaryl/α,β-unsaturated/α-hetero) is 1. The monoisotopic (exact) mass is 658 g/mol. The lowest BCUT2D eigenvalue weighted by molar-refractivity contribution is 0.0836. The van der Waals surface area contributed by atoms with E-state index in [0.717, 1.165) is 61.1 Å². The van der Waals surface area contributed by atoms with Crippen molar-refractivity contribution >= 4 is 36.6 Å². The molecule has 12 heteroatoms. The number of ketones is 1. The largest absolute Gasteiger partial charge is 0.486 e. The van der Waals surface area contributed by atoms with Crippen LogP contribution < -0.4 is 15.0 Å². The van der Waals surface area contributed by atoms with Crippen LogP contribution in [0.4, 0.5) is 17.3 Å². The maximum Gasteiger partial charge on any atom is 0.181 e. The number of aliphatic hydroxyl groups excluding tert-OH is 1. The number of aromatic nitrogens is 3. The van der Waals surface area contributed by atoms with Crippen molar-refractivity contribution < 1.29 is 23.8 Å². The van der Waals surface area contributed by atoms with Crippen molar-refractivity contribution in [1.82, 2.24) is 19.9 Å². The van der Waals surface area contributed by atoms with Gasteiger partial charge in [0.25, 0.3) is 0 Å². The van der Waals surface area contributed by atoms with Gasteiger partial charge in [0.2, 0.25) is 0 Å². The van der Waals surface area contributed by atoms with E-state index in [-0.39, 0.29) is 37.8 Å². The Balaban J connectivity index is 0.00000386. The average molecular weight is 659 g/mol. The van der Waals surface area contributed by atoms with E-state index in [1.807, 2.05) is 31.2 Å². The van der Waals surface area contributed by atoms with Crippen LogP contribution in [0.2, 0.25) is 0 Å². The van der Waals surface area contributed by atoms with E-state index in [1.165, 1.54) is 17.5 Å². The number of hydrogen-bond acceptors (Lipinski definition) is 11. The number of morpholine rings is 1. The second kappa shape index (κ2) is 14.8. The number of aliphatic hydroxyl groups is 1. The summed E-state index contributed by atoms with van der Waals surface area (Å²) in [6, 6.07) is 14.2. The molecule has 2 N–H and O–H groups in total. The number of rotatable bonds is 12. The summed E-state index contributed by atoms with van der Waals surface area (Å²) in [7, 11) is 0. The molecule has 3 aromatic heterocycles. The minimum atomic E-state index is -0.609. The van der Waals surface area contributed by atoms with Crippen LogP contribution in [-0.4, -0.2) is 75.2 Å². The first-order valence-corrected chi connectivity index (χ1v) is 16.1. The van der Waals surface area contributed by atoms with Crippen molar-refractivity contribution in [3.8, 4) is 5.75 Å². The van der Waals surface area contributed by atoms with Gasteiger partial charge in [-0.2, -0.15) is 13.5 Å². The predicted molar refractivity (Wildman–Crippen MR) is 183 cm³/mol. The zero-order valence-electron chi connectivity index (χ0n) is 26.6. The second-order valence-corrected chi connectivity index (χ2v) is 12.5. The summed E-state index contributed by atoms with van der Waals surface area (Å²) >= 11 is 0. The van der Waals surface area contributed by atoms with Gasteiger partial charge in [0, 0.05) is 37.8 Å². The summed E-state index contributed by atoms with van der Waals surface area (Å²) in [5, 5.41) is 14.3. The number of nitrogens with one attached hydrogen (secondary N) is 1. The first kappa shape index (κ1) is 33.0. The molecule has 0 spiro atoms. The van der Waals surface area contributed by atoms with E-state index in [2.05, 4.69) is 37.2 Å². The Hall–Kier alpha value is -3.97. The molecule has 248 valence electrons. The van der Waals surface area contributed by atoms with E-state index in [1.54, 1.807) is 18.5 Å². The molecule has 11 nitrogen and oxygen atoms in total. The molecule has 0 amide bonds. The third kappa shape index (κ3) is 7.78. The minimum absolute atomic E-state index is 0. The number of aryl methyl sites for hydroxylation is 1. The highest BCUT2D eigenvalue weighted by Gasteiger charge is 2.38. The fraction of sp³-hybridized carbons (Fsp3) is 0.429. The summed E-state index contributed by atoms with van der Waals surface area (Å²) in [4.78, 5) is 31.3. The molecular weight excluding hydrogens is 616 g/mol. The summed E-state index contributed by atoms with van der Waals surface area (Å²) in [5.74, 6) is 2.93. The number of carbonyl (C=O) groups is 1. The van der Waals surface area contributed by atoms with E-state index in [9.17, 15) is 9.90 Å². The quantitative estimate of drug-likeness (QED) is 0.201. The van der Waals surface area contributed by atoms with Crippen LogP contribution in [0.3, 0.4) is 0 Å². The van der Waals surface area contributed by atoms with Crippen molar-refractivity contribution in [1.29, 1.82) is 0 Å². The molecule has 3 aliphatic rings. The second-order valence-electron chi connectivity index (χ2n) is 12.5. The molecule has 2 saturated heterocycles. The highest BCUT2D eigenvalue weighted by atomic mass is 32.1. The summed E-state index contributed by atoms with van der Waals surface area (Å²) in [6.07, 6.45) is 7.91. The topological polar surface area (TPSA) is 126 Å². The zero-order valence-corrected chi connectivity index (χ0v) is 27.6. The van der Waals surface area contributed by atoms with Gasteiger partial charge in [-0.25, -0.2) is 9.97 Å². The van der Waals surface area contributed by atoms with E-state index < -0.39 is 6.10 Å². The van der Waals surface area contributed by atoms with Gasteiger partial charge in [0.15, 0.2) is 17.9 Å². The summed E-state index contributed by atoms with van der Waals surface area (Å²) in [6.45, 7) is 5.70. The maximum atomic E-state index is 13.5. The third-order valence-electron chi connectivity index (χ3n) is 9.23. The zero-order chi connectivity index (χ0) is 31.5. The minimum Gasteiger partial charge on any atom is -0.486 e. The summed E-state index contributed by atoms with van der Waals surface area (Å²) < 4.78 is 17.1. The van der Waals surface area contributed by atoms with Gasteiger partial charge in [0.05, 0.1) is 49.0 Å². The van der Waals surface area contributed by atoms with Crippen LogP contribution in [0.1, 0.15) is 58.6 Å². The first-order valence-electron chi connectivity index (χ1n) is 16.1. The fourth-order valence-corrected chi connectivity index (χ4v) is 6.74. The Morgan fingerprint density at radius 2 is 2.00 bits per heavy atom.